The fraction of sp³-hybridized carbons (Fsp3) is 0.250. The first-order valence-corrected chi connectivity index (χ1v) is 7.12. The number of anilines is 4. The van der Waals surface area contributed by atoms with Gasteiger partial charge in [-0.25, -0.2) is 0 Å². The lowest BCUT2D eigenvalue weighted by molar-refractivity contribution is -0.0423. The molecule has 0 fully saturated rings. The molecule has 0 aliphatic carbocycles. The van der Waals surface area contributed by atoms with Crippen molar-refractivity contribution in [1.29, 1.82) is 0 Å². The van der Waals surface area contributed by atoms with Gasteiger partial charge in [0.15, 0.2) is 6.29 Å². The number of benzene rings is 2. The number of nitrogens with two attached hydrogens (primary N) is 2. The standard InChI is InChI=1S/C16H22N4O2/c17-12-1-4-14(5-2-12)20-10-11-9-13(18)3-6-15(11)19-8-7-16(21)22/h1-6,9,16,19-22H,7-8,10,17-18H2. The van der Waals surface area contributed by atoms with Gasteiger partial charge < -0.3 is 32.3 Å². The Labute approximate surface area is 129 Å². The van der Waals surface area contributed by atoms with Crippen LogP contribution in [0, 0.1) is 0 Å². The van der Waals surface area contributed by atoms with Crippen molar-refractivity contribution < 1.29 is 10.2 Å². The average molecular weight is 302 g/mol. The lowest BCUT2D eigenvalue weighted by Gasteiger charge is -2.15. The molecule has 0 atom stereocenters. The number of hydrogen-bond acceptors (Lipinski definition) is 6. The summed E-state index contributed by atoms with van der Waals surface area (Å²) < 4.78 is 0. The summed E-state index contributed by atoms with van der Waals surface area (Å²) in [7, 11) is 0. The largest absolute Gasteiger partial charge is 0.399 e. The molecule has 0 amide bonds. The van der Waals surface area contributed by atoms with Crippen molar-refractivity contribution in [2.75, 3.05) is 28.6 Å². The maximum Gasteiger partial charge on any atom is 0.153 e. The van der Waals surface area contributed by atoms with Gasteiger partial charge in [0, 0.05) is 42.3 Å². The van der Waals surface area contributed by atoms with Crippen LogP contribution >= 0.6 is 0 Å². The molecule has 0 aromatic heterocycles. The lowest BCUT2D eigenvalue weighted by atomic mass is 10.1. The van der Waals surface area contributed by atoms with Gasteiger partial charge in [0.05, 0.1) is 0 Å². The van der Waals surface area contributed by atoms with Gasteiger partial charge in [0.1, 0.15) is 0 Å². The Balaban J connectivity index is 2.01. The van der Waals surface area contributed by atoms with E-state index in [-0.39, 0.29) is 6.42 Å². The van der Waals surface area contributed by atoms with Gasteiger partial charge in [0.25, 0.3) is 0 Å². The fourth-order valence-corrected chi connectivity index (χ4v) is 2.07. The summed E-state index contributed by atoms with van der Waals surface area (Å²) >= 11 is 0. The topological polar surface area (TPSA) is 117 Å². The van der Waals surface area contributed by atoms with Crippen molar-refractivity contribution in [2.45, 2.75) is 19.3 Å². The maximum absolute atomic E-state index is 8.89. The second kappa shape index (κ2) is 7.53. The monoisotopic (exact) mass is 302 g/mol. The predicted molar refractivity (Wildman–Crippen MR) is 90.4 cm³/mol. The molecule has 22 heavy (non-hydrogen) atoms. The average Bonchev–Trinajstić information content (AvgIpc) is 2.48. The minimum absolute atomic E-state index is 0.259. The van der Waals surface area contributed by atoms with Crippen LogP contribution in [0.3, 0.4) is 0 Å². The third kappa shape index (κ3) is 4.83. The number of aliphatic hydroxyl groups excluding tert-OH is 1. The molecule has 6 heteroatoms. The van der Waals surface area contributed by atoms with Crippen molar-refractivity contribution in [3.05, 3.63) is 48.0 Å². The molecule has 0 heterocycles. The molecule has 0 bridgehead atoms. The highest BCUT2D eigenvalue weighted by Gasteiger charge is 2.04. The zero-order valence-electron chi connectivity index (χ0n) is 12.3. The van der Waals surface area contributed by atoms with Gasteiger partial charge in [-0.1, -0.05) is 0 Å². The highest BCUT2D eigenvalue weighted by Crippen LogP contribution is 2.21. The molecule has 0 unspecified atom stereocenters. The van der Waals surface area contributed by atoms with Crippen molar-refractivity contribution in [3.8, 4) is 0 Å². The Bertz CT molecular complexity index is 600. The SMILES string of the molecule is Nc1ccc(NCc2cc(N)ccc2NCCC(O)O)cc1. The fourth-order valence-electron chi connectivity index (χ4n) is 2.07. The van der Waals surface area contributed by atoms with Crippen LogP contribution < -0.4 is 22.1 Å². The number of hydrogen-bond donors (Lipinski definition) is 6. The van der Waals surface area contributed by atoms with Crippen LogP contribution in [-0.2, 0) is 6.54 Å². The van der Waals surface area contributed by atoms with E-state index in [2.05, 4.69) is 10.6 Å². The zero-order valence-corrected chi connectivity index (χ0v) is 12.3. The van der Waals surface area contributed by atoms with Crippen LogP contribution in [0.25, 0.3) is 0 Å². The minimum atomic E-state index is -1.31. The molecule has 0 saturated heterocycles. The summed E-state index contributed by atoms with van der Waals surface area (Å²) in [6.45, 7) is 1.06. The first kappa shape index (κ1) is 15.9. The third-order valence-corrected chi connectivity index (χ3v) is 3.24. The van der Waals surface area contributed by atoms with Crippen LogP contribution in [0.4, 0.5) is 22.7 Å². The third-order valence-electron chi connectivity index (χ3n) is 3.24. The maximum atomic E-state index is 8.89. The Kier molecular flexibility index (Phi) is 5.46. The van der Waals surface area contributed by atoms with E-state index in [9.17, 15) is 0 Å². The van der Waals surface area contributed by atoms with Crippen LogP contribution in [-0.4, -0.2) is 23.0 Å². The van der Waals surface area contributed by atoms with E-state index < -0.39 is 6.29 Å². The minimum Gasteiger partial charge on any atom is -0.399 e. The number of nitrogen functional groups attached to an aromatic ring is 2. The van der Waals surface area contributed by atoms with Crippen LogP contribution in [0.1, 0.15) is 12.0 Å². The van der Waals surface area contributed by atoms with Gasteiger partial charge in [-0.3, -0.25) is 0 Å². The van der Waals surface area contributed by atoms with Crippen molar-refractivity contribution in [1.82, 2.24) is 0 Å². The molecule has 0 radical (unpaired) electrons. The molecule has 0 aliphatic heterocycles. The van der Waals surface area contributed by atoms with Gasteiger partial charge in [0.2, 0.25) is 0 Å². The molecule has 8 N–H and O–H groups in total. The van der Waals surface area contributed by atoms with E-state index in [1.54, 1.807) is 0 Å². The van der Waals surface area contributed by atoms with Crippen molar-refractivity contribution >= 4 is 22.7 Å². The number of rotatable bonds is 7. The molecule has 0 aliphatic rings. The van der Waals surface area contributed by atoms with Crippen LogP contribution in [0.2, 0.25) is 0 Å². The second-order valence-electron chi connectivity index (χ2n) is 5.09. The quantitative estimate of drug-likeness (QED) is 0.341. The van der Waals surface area contributed by atoms with E-state index >= 15 is 0 Å². The molecule has 2 aromatic carbocycles. The summed E-state index contributed by atoms with van der Waals surface area (Å²) in [5, 5.41) is 24.3. The summed E-state index contributed by atoms with van der Waals surface area (Å²) in [6.07, 6.45) is -1.05. The summed E-state index contributed by atoms with van der Waals surface area (Å²) in [5.41, 5.74) is 15.8. The second-order valence-corrected chi connectivity index (χ2v) is 5.09. The van der Waals surface area contributed by atoms with E-state index in [0.717, 1.165) is 22.6 Å². The molecule has 118 valence electrons. The van der Waals surface area contributed by atoms with Crippen molar-refractivity contribution in [2.24, 2.45) is 0 Å². The molecule has 2 aromatic rings. The molecule has 2 rings (SSSR count). The van der Waals surface area contributed by atoms with E-state index in [1.807, 2.05) is 42.5 Å². The molecule has 0 saturated carbocycles. The lowest BCUT2D eigenvalue weighted by Crippen LogP contribution is -2.13. The molecular formula is C16H22N4O2. The van der Waals surface area contributed by atoms with E-state index in [4.69, 9.17) is 21.7 Å². The molecule has 6 nitrogen and oxygen atoms in total. The summed E-state index contributed by atoms with van der Waals surface area (Å²) in [6, 6.07) is 13.1. The number of nitrogens with one attached hydrogen (secondary N) is 2. The van der Waals surface area contributed by atoms with Gasteiger partial charge in [-0.05, 0) is 48.0 Å². The molecular weight excluding hydrogens is 280 g/mol. The zero-order chi connectivity index (χ0) is 15.9. The Morgan fingerprint density at radius 2 is 1.59 bits per heavy atom. The molecule has 0 spiro atoms. The van der Waals surface area contributed by atoms with Crippen molar-refractivity contribution in [3.63, 3.8) is 0 Å². The highest BCUT2D eigenvalue weighted by atomic mass is 16.5. The van der Waals surface area contributed by atoms with Crippen LogP contribution in [0.15, 0.2) is 42.5 Å². The Morgan fingerprint density at radius 3 is 2.27 bits per heavy atom. The Morgan fingerprint density at radius 1 is 0.909 bits per heavy atom. The Hall–Kier alpha value is -2.44. The highest BCUT2D eigenvalue weighted by molar-refractivity contribution is 5.60. The van der Waals surface area contributed by atoms with E-state index in [0.29, 0.717) is 18.8 Å². The first-order valence-electron chi connectivity index (χ1n) is 7.12. The van der Waals surface area contributed by atoms with Gasteiger partial charge in [-0.15, -0.1) is 0 Å². The number of aliphatic hydroxyl groups is 2. The predicted octanol–water partition coefficient (Wildman–Crippen LogP) is 1.58. The van der Waals surface area contributed by atoms with E-state index in [1.165, 1.54) is 0 Å². The first-order chi connectivity index (χ1) is 10.5. The summed E-state index contributed by atoms with van der Waals surface area (Å²) in [4.78, 5) is 0. The van der Waals surface area contributed by atoms with Gasteiger partial charge in [-0.2, -0.15) is 0 Å². The normalized spacial score (nSPS) is 10.7. The smallest absolute Gasteiger partial charge is 0.153 e. The van der Waals surface area contributed by atoms with Gasteiger partial charge >= 0.3 is 0 Å². The summed E-state index contributed by atoms with van der Waals surface area (Å²) in [5.74, 6) is 0. The van der Waals surface area contributed by atoms with Crippen LogP contribution in [0.5, 0.6) is 0 Å².